The number of hydrogen-bond acceptors (Lipinski definition) is 5. The lowest BCUT2D eigenvalue weighted by atomic mass is 10.1. The van der Waals surface area contributed by atoms with E-state index < -0.39 is 0 Å². The van der Waals surface area contributed by atoms with Gasteiger partial charge < -0.3 is 15.0 Å². The molecular formula is C23H22FN3O3S. The lowest BCUT2D eigenvalue weighted by Crippen LogP contribution is -2.24. The minimum absolute atomic E-state index is 0.0788. The van der Waals surface area contributed by atoms with Gasteiger partial charge in [-0.2, -0.15) is 0 Å². The number of benzene rings is 2. The smallest absolute Gasteiger partial charge is 0.230 e. The van der Waals surface area contributed by atoms with Crippen LogP contribution < -0.4 is 15.0 Å². The molecule has 1 aromatic heterocycles. The summed E-state index contributed by atoms with van der Waals surface area (Å²) in [6, 6.07) is 11.6. The number of nitrogens with one attached hydrogen (secondary N) is 1. The van der Waals surface area contributed by atoms with Crippen LogP contribution in [0.2, 0.25) is 0 Å². The zero-order valence-electron chi connectivity index (χ0n) is 17.1. The SMILES string of the molecule is COc1cc(NC(=O)Cc2csc(Cc3ccc(F)cc3)n2)ccc1N1CCCC1=O. The maximum Gasteiger partial charge on any atom is 0.230 e. The van der Waals surface area contributed by atoms with E-state index in [0.29, 0.717) is 42.2 Å². The van der Waals surface area contributed by atoms with Gasteiger partial charge in [-0.25, -0.2) is 9.37 Å². The van der Waals surface area contributed by atoms with E-state index in [0.717, 1.165) is 17.0 Å². The summed E-state index contributed by atoms with van der Waals surface area (Å²) in [5.41, 5.74) is 2.97. The van der Waals surface area contributed by atoms with Crippen molar-refractivity contribution in [3.05, 3.63) is 69.9 Å². The van der Waals surface area contributed by atoms with Crippen molar-refractivity contribution in [3.8, 4) is 5.75 Å². The fourth-order valence-electron chi connectivity index (χ4n) is 3.54. The average Bonchev–Trinajstić information content (AvgIpc) is 3.38. The number of nitrogens with zero attached hydrogens (tertiary/aromatic N) is 2. The van der Waals surface area contributed by atoms with Crippen LogP contribution in [0.1, 0.15) is 29.1 Å². The predicted octanol–water partition coefficient (Wildman–Crippen LogP) is 4.19. The van der Waals surface area contributed by atoms with Crippen LogP contribution in [-0.4, -0.2) is 30.5 Å². The molecule has 0 saturated carbocycles. The van der Waals surface area contributed by atoms with Crippen molar-refractivity contribution in [2.75, 3.05) is 23.9 Å². The molecule has 8 heteroatoms. The lowest BCUT2D eigenvalue weighted by Gasteiger charge is -2.19. The molecule has 6 nitrogen and oxygen atoms in total. The van der Waals surface area contributed by atoms with Crippen LogP contribution in [0.3, 0.4) is 0 Å². The number of hydrogen-bond donors (Lipinski definition) is 1. The van der Waals surface area contributed by atoms with Gasteiger partial charge in [-0.05, 0) is 36.2 Å². The van der Waals surface area contributed by atoms with Gasteiger partial charge in [0.25, 0.3) is 0 Å². The van der Waals surface area contributed by atoms with E-state index >= 15 is 0 Å². The Hall–Kier alpha value is -3.26. The summed E-state index contributed by atoms with van der Waals surface area (Å²) in [5, 5.41) is 5.59. The van der Waals surface area contributed by atoms with Crippen molar-refractivity contribution in [3.63, 3.8) is 0 Å². The van der Waals surface area contributed by atoms with Crippen LogP contribution >= 0.6 is 11.3 Å². The average molecular weight is 440 g/mol. The molecule has 0 bridgehead atoms. The van der Waals surface area contributed by atoms with Gasteiger partial charge in [0.05, 0.1) is 29.9 Å². The Bertz CT molecular complexity index is 1100. The van der Waals surface area contributed by atoms with Gasteiger partial charge >= 0.3 is 0 Å². The number of carbonyl (C=O) groups is 2. The van der Waals surface area contributed by atoms with Crippen molar-refractivity contribution < 1.29 is 18.7 Å². The third-order valence-corrected chi connectivity index (χ3v) is 5.93. The van der Waals surface area contributed by atoms with Crippen LogP contribution in [0, 0.1) is 5.82 Å². The van der Waals surface area contributed by atoms with E-state index in [1.165, 1.54) is 23.5 Å². The number of carbonyl (C=O) groups excluding carboxylic acids is 2. The fraction of sp³-hybridized carbons (Fsp3) is 0.261. The third kappa shape index (κ3) is 5.08. The highest BCUT2D eigenvalue weighted by atomic mass is 32.1. The Morgan fingerprint density at radius 2 is 2.06 bits per heavy atom. The molecule has 1 aliphatic rings. The van der Waals surface area contributed by atoms with E-state index in [4.69, 9.17) is 4.74 Å². The maximum atomic E-state index is 13.0. The Morgan fingerprint density at radius 3 is 2.77 bits per heavy atom. The monoisotopic (exact) mass is 439 g/mol. The number of amides is 2. The summed E-state index contributed by atoms with van der Waals surface area (Å²) in [6.45, 7) is 0.672. The van der Waals surface area contributed by atoms with Gasteiger partial charge in [0.1, 0.15) is 11.6 Å². The minimum atomic E-state index is -0.267. The predicted molar refractivity (Wildman–Crippen MR) is 118 cm³/mol. The molecule has 0 aliphatic carbocycles. The van der Waals surface area contributed by atoms with Crippen LogP contribution in [-0.2, 0) is 22.4 Å². The maximum absolute atomic E-state index is 13.0. The van der Waals surface area contributed by atoms with Crippen LogP contribution in [0.5, 0.6) is 5.75 Å². The summed E-state index contributed by atoms with van der Waals surface area (Å²) >= 11 is 1.48. The van der Waals surface area contributed by atoms with Crippen molar-refractivity contribution in [2.24, 2.45) is 0 Å². The number of ether oxygens (including phenoxy) is 1. The van der Waals surface area contributed by atoms with Crippen molar-refractivity contribution >= 4 is 34.5 Å². The van der Waals surface area contributed by atoms with Crippen molar-refractivity contribution in [1.29, 1.82) is 0 Å². The lowest BCUT2D eigenvalue weighted by molar-refractivity contribution is -0.117. The number of methoxy groups -OCH3 is 1. The van der Waals surface area contributed by atoms with Gasteiger partial charge in [-0.3, -0.25) is 9.59 Å². The number of aromatic nitrogens is 1. The molecule has 0 spiro atoms. The second-order valence-corrected chi connectivity index (χ2v) is 8.24. The third-order valence-electron chi connectivity index (χ3n) is 5.04. The Morgan fingerprint density at radius 1 is 1.26 bits per heavy atom. The zero-order chi connectivity index (χ0) is 21.8. The molecule has 1 saturated heterocycles. The number of halogens is 1. The van der Waals surface area contributed by atoms with E-state index in [9.17, 15) is 14.0 Å². The van der Waals surface area contributed by atoms with Gasteiger partial charge in [-0.15, -0.1) is 11.3 Å². The number of rotatable bonds is 7. The quantitative estimate of drug-likeness (QED) is 0.599. The number of thiazole rings is 1. The first-order chi connectivity index (χ1) is 15.0. The standard InChI is InChI=1S/C23H22FN3O3S/c1-30-20-12-17(8-9-19(20)27-10-2-3-23(27)29)25-21(28)13-18-14-31-22(26-18)11-15-4-6-16(24)7-5-15/h4-9,12,14H,2-3,10-11,13H2,1H3,(H,25,28). The normalized spacial score (nSPS) is 13.5. The highest BCUT2D eigenvalue weighted by molar-refractivity contribution is 7.09. The van der Waals surface area contributed by atoms with Gasteiger partial charge in [0, 0.05) is 36.5 Å². The molecule has 1 aliphatic heterocycles. The molecule has 0 radical (unpaired) electrons. The second kappa shape index (κ2) is 9.26. The van der Waals surface area contributed by atoms with E-state index in [-0.39, 0.29) is 24.1 Å². The summed E-state index contributed by atoms with van der Waals surface area (Å²) in [4.78, 5) is 30.7. The second-order valence-electron chi connectivity index (χ2n) is 7.30. The van der Waals surface area contributed by atoms with Crippen LogP contribution in [0.15, 0.2) is 47.8 Å². The van der Waals surface area contributed by atoms with Gasteiger partial charge in [0.15, 0.2) is 0 Å². The molecule has 4 rings (SSSR count). The van der Waals surface area contributed by atoms with Crippen LogP contribution in [0.25, 0.3) is 0 Å². The van der Waals surface area contributed by atoms with E-state index in [2.05, 4.69) is 10.3 Å². The molecule has 0 atom stereocenters. The van der Waals surface area contributed by atoms with Gasteiger partial charge in [-0.1, -0.05) is 12.1 Å². The molecule has 3 aromatic rings. The summed E-state index contributed by atoms with van der Waals surface area (Å²) in [5.74, 6) is 0.168. The first-order valence-electron chi connectivity index (χ1n) is 9.98. The number of anilines is 2. The largest absolute Gasteiger partial charge is 0.494 e. The zero-order valence-corrected chi connectivity index (χ0v) is 17.9. The summed E-state index contributed by atoms with van der Waals surface area (Å²) in [7, 11) is 1.54. The molecule has 2 amide bonds. The highest BCUT2D eigenvalue weighted by Gasteiger charge is 2.24. The molecule has 1 fully saturated rings. The van der Waals surface area contributed by atoms with Gasteiger partial charge in [0.2, 0.25) is 11.8 Å². The fourth-order valence-corrected chi connectivity index (χ4v) is 4.37. The Balaban J connectivity index is 1.38. The summed E-state index contributed by atoms with van der Waals surface area (Å²) in [6.07, 6.45) is 2.12. The molecule has 2 heterocycles. The first kappa shape index (κ1) is 21.0. The van der Waals surface area contributed by atoms with Crippen molar-refractivity contribution in [2.45, 2.75) is 25.7 Å². The highest BCUT2D eigenvalue weighted by Crippen LogP contribution is 2.33. The van der Waals surface area contributed by atoms with Crippen molar-refractivity contribution in [1.82, 2.24) is 4.98 Å². The van der Waals surface area contributed by atoms with Crippen LogP contribution in [0.4, 0.5) is 15.8 Å². The molecular weight excluding hydrogens is 417 g/mol. The topological polar surface area (TPSA) is 71.5 Å². The molecule has 2 aromatic carbocycles. The summed E-state index contributed by atoms with van der Waals surface area (Å²) < 4.78 is 18.5. The van der Waals surface area contributed by atoms with E-state index in [1.54, 1.807) is 42.3 Å². The molecule has 31 heavy (non-hydrogen) atoms. The minimum Gasteiger partial charge on any atom is -0.494 e. The molecule has 0 unspecified atom stereocenters. The molecule has 160 valence electrons. The van der Waals surface area contributed by atoms with E-state index in [1.807, 2.05) is 5.38 Å². The molecule has 1 N–H and O–H groups in total. The first-order valence-corrected chi connectivity index (χ1v) is 10.9. The Labute approximate surface area is 183 Å². The Kier molecular flexibility index (Phi) is 6.27.